The third-order valence-electron chi connectivity index (χ3n) is 4.06. The molecule has 0 fully saturated rings. The van der Waals surface area contributed by atoms with E-state index in [1.807, 2.05) is 24.3 Å². The molecule has 3 aromatic rings. The highest BCUT2D eigenvalue weighted by Gasteiger charge is 2.09. The molecule has 1 amide bonds. The molecule has 8 nitrogen and oxygen atoms in total. The molecule has 0 atom stereocenters. The van der Waals surface area contributed by atoms with Crippen LogP contribution in [-0.2, 0) is 6.54 Å². The van der Waals surface area contributed by atoms with E-state index in [1.54, 1.807) is 38.5 Å². The van der Waals surface area contributed by atoms with Crippen LogP contribution in [0.5, 0.6) is 11.5 Å². The molecule has 0 spiro atoms. The van der Waals surface area contributed by atoms with E-state index in [9.17, 15) is 4.79 Å². The lowest BCUT2D eigenvalue weighted by molar-refractivity contribution is 0.102. The van der Waals surface area contributed by atoms with Gasteiger partial charge in [-0.15, -0.1) is 0 Å². The molecule has 0 aliphatic rings. The van der Waals surface area contributed by atoms with Gasteiger partial charge in [-0.3, -0.25) is 4.79 Å². The van der Waals surface area contributed by atoms with Crippen LogP contribution in [0.1, 0.15) is 21.6 Å². The topological polar surface area (TPSA) is 109 Å². The summed E-state index contributed by atoms with van der Waals surface area (Å²) < 4.78 is 10.5. The number of rotatable bonds is 7. The summed E-state index contributed by atoms with van der Waals surface area (Å²) in [6, 6.07) is 14.3. The molecule has 1 aromatic heterocycles. The standard InChI is InChI=1S/C21H19N5O3/c1-28-18-7-6-15(9-19(18)29-2)11-24-20-13-23-17(12-25-20)21(27)26-16-5-3-4-14(8-16)10-22/h3-9,12-13H,11H2,1-2H3,(H,24,25)(H,26,27). The molecule has 29 heavy (non-hydrogen) atoms. The smallest absolute Gasteiger partial charge is 0.275 e. The predicted molar refractivity (Wildman–Crippen MR) is 108 cm³/mol. The first kappa shape index (κ1) is 19.6. The molecule has 1 heterocycles. The number of ether oxygens (including phenoxy) is 2. The summed E-state index contributed by atoms with van der Waals surface area (Å²) in [5, 5.41) is 14.8. The first-order chi connectivity index (χ1) is 14.1. The zero-order chi connectivity index (χ0) is 20.6. The van der Waals surface area contributed by atoms with E-state index < -0.39 is 5.91 Å². The molecule has 0 unspecified atom stereocenters. The van der Waals surface area contributed by atoms with Gasteiger partial charge in [0.1, 0.15) is 11.5 Å². The minimum atomic E-state index is -0.404. The summed E-state index contributed by atoms with van der Waals surface area (Å²) in [7, 11) is 3.17. The van der Waals surface area contributed by atoms with Crippen LogP contribution in [0.2, 0.25) is 0 Å². The minimum Gasteiger partial charge on any atom is -0.493 e. The van der Waals surface area contributed by atoms with Crippen LogP contribution >= 0.6 is 0 Å². The molecule has 0 saturated carbocycles. The highest BCUT2D eigenvalue weighted by atomic mass is 16.5. The molecule has 3 rings (SSSR count). The van der Waals surface area contributed by atoms with Gasteiger partial charge in [-0.25, -0.2) is 9.97 Å². The first-order valence-corrected chi connectivity index (χ1v) is 8.71. The predicted octanol–water partition coefficient (Wildman–Crippen LogP) is 3.23. The summed E-state index contributed by atoms with van der Waals surface area (Å²) in [4.78, 5) is 20.7. The van der Waals surface area contributed by atoms with Crippen molar-refractivity contribution in [2.24, 2.45) is 0 Å². The van der Waals surface area contributed by atoms with Gasteiger partial charge in [0.25, 0.3) is 5.91 Å². The second kappa shape index (κ2) is 9.19. The van der Waals surface area contributed by atoms with Crippen molar-refractivity contribution in [3.8, 4) is 17.6 Å². The van der Waals surface area contributed by atoms with Crippen molar-refractivity contribution in [2.45, 2.75) is 6.54 Å². The van der Waals surface area contributed by atoms with Gasteiger partial charge in [-0.1, -0.05) is 12.1 Å². The molecule has 2 aromatic carbocycles. The third kappa shape index (κ3) is 4.99. The number of carbonyl (C=O) groups is 1. The van der Waals surface area contributed by atoms with E-state index in [-0.39, 0.29) is 5.69 Å². The van der Waals surface area contributed by atoms with Crippen LogP contribution in [0.15, 0.2) is 54.9 Å². The number of aromatic nitrogens is 2. The molecule has 8 heteroatoms. The number of carbonyl (C=O) groups excluding carboxylic acids is 1. The zero-order valence-corrected chi connectivity index (χ0v) is 16.0. The Labute approximate surface area is 168 Å². The first-order valence-electron chi connectivity index (χ1n) is 8.71. The van der Waals surface area contributed by atoms with Gasteiger partial charge in [-0.2, -0.15) is 5.26 Å². The van der Waals surface area contributed by atoms with E-state index >= 15 is 0 Å². The Kier molecular flexibility index (Phi) is 6.22. The Hall–Kier alpha value is -4.12. The highest BCUT2D eigenvalue weighted by Crippen LogP contribution is 2.27. The fourth-order valence-electron chi connectivity index (χ4n) is 2.58. The van der Waals surface area contributed by atoms with E-state index in [0.29, 0.717) is 35.1 Å². The van der Waals surface area contributed by atoms with Gasteiger partial charge in [0.15, 0.2) is 11.5 Å². The van der Waals surface area contributed by atoms with Crippen LogP contribution in [0.3, 0.4) is 0 Å². The van der Waals surface area contributed by atoms with Gasteiger partial charge in [-0.05, 0) is 35.9 Å². The quantitative estimate of drug-likeness (QED) is 0.638. The van der Waals surface area contributed by atoms with Gasteiger partial charge in [0.2, 0.25) is 0 Å². The molecule has 146 valence electrons. The summed E-state index contributed by atoms with van der Waals surface area (Å²) in [5.74, 6) is 1.43. The Morgan fingerprint density at radius 1 is 1.07 bits per heavy atom. The van der Waals surface area contributed by atoms with Crippen molar-refractivity contribution < 1.29 is 14.3 Å². The molecular formula is C21H19N5O3. The van der Waals surface area contributed by atoms with Crippen LogP contribution in [0.25, 0.3) is 0 Å². The summed E-state index contributed by atoms with van der Waals surface area (Å²) in [6.07, 6.45) is 2.88. The molecule has 0 aliphatic carbocycles. The number of anilines is 2. The number of hydrogen-bond donors (Lipinski definition) is 2. The number of hydrogen-bond acceptors (Lipinski definition) is 7. The monoisotopic (exact) mass is 389 g/mol. The van der Waals surface area contributed by atoms with Crippen LogP contribution < -0.4 is 20.1 Å². The normalized spacial score (nSPS) is 9.97. The minimum absolute atomic E-state index is 0.170. The Bertz CT molecular complexity index is 1040. The van der Waals surface area contributed by atoms with Crippen molar-refractivity contribution in [3.05, 3.63) is 71.7 Å². The van der Waals surface area contributed by atoms with E-state index in [4.69, 9.17) is 14.7 Å². The summed E-state index contributed by atoms with van der Waals surface area (Å²) in [5.41, 5.74) is 2.13. The number of nitrogens with zero attached hydrogens (tertiary/aromatic N) is 3. The second-order valence-corrected chi connectivity index (χ2v) is 5.98. The number of benzene rings is 2. The average Bonchev–Trinajstić information content (AvgIpc) is 2.77. The highest BCUT2D eigenvalue weighted by molar-refractivity contribution is 6.02. The maximum Gasteiger partial charge on any atom is 0.275 e. The molecule has 0 bridgehead atoms. The van der Waals surface area contributed by atoms with Crippen LogP contribution in [0.4, 0.5) is 11.5 Å². The van der Waals surface area contributed by atoms with Gasteiger partial charge >= 0.3 is 0 Å². The number of nitriles is 1. The maximum atomic E-state index is 12.3. The van der Waals surface area contributed by atoms with Crippen molar-refractivity contribution in [3.63, 3.8) is 0 Å². The van der Waals surface area contributed by atoms with Gasteiger partial charge in [0, 0.05) is 12.2 Å². The number of nitrogens with one attached hydrogen (secondary N) is 2. The molecular weight excluding hydrogens is 370 g/mol. The lowest BCUT2D eigenvalue weighted by Crippen LogP contribution is -2.14. The number of amides is 1. The van der Waals surface area contributed by atoms with Crippen molar-refractivity contribution >= 4 is 17.4 Å². The lowest BCUT2D eigenvalue weighted by Gasteiger charge is -2.10. The Morgan fingerprint density at radius 3 is 2.59 bits per heavy atom. The summed E-state index contributed by atoms with van der Waals surface area (Å²) >= 11 is 0. The molecule has 0 saturated heterocycles. The summed E-state index contributed by atoms with van der Waals surface area (Å²) in [6.45, 7) is 0.502. The van der Waals surface area contributed by atoms with Gasteiger partial charge < -0.3 is 20.1 Å². The fraction of sp³-hybridized carbons (Fsp3) is 0.143. The number of methoxy groups -OCH3 is 2. The zero-order valence-electron chi connectivity index (χ0n) is 16.0. The van der Waals surface area contributed by atoms with E-state index in [2.05, 4.69) is 20.6 Å². The molecule has 0 aliphatic heterocycles. The average molecular weight is 389 g/mol. The van der Waals surface area contributed by atoms with E-state index in [0.717, 1.165) is 5.56 Å². The maximum absolute atomic E-state index is 12.3. The SMILES string of the molecule is COc1ccc(CNc2cnc(C(=O)Nc3cccc(C#N)c3)cn2)cc1OC. The Balaban J connectivity index is 1.61. The molecule has 2 N–H and O–H groups in total. The van der Waals surface area contributed by atoms with E-state index in [1.165, 1.54) is 12.4 Å². The van der Waals surface area contributed by atoms with Crippen LogP contribution in [0, 0.1) is 11.3 Å². The van der Waals surface area contributed by atoms with Crippen molar-refractivity contribution in [2.75, 3.05) is 24.9 Å². The fourth-order valence-corrected chi connectivity index (χ4v) is 2.58. The third-order valence-corrected chi connectivity index (χ3v) is 4.06. The van der Waals surface area contributed by atoms with Gasteiger partial charge in [0.05, 0.1) is 38.2 Å². The Morgan fingerprint density at radius 2 is 1.90 bits per heavy atom. The van der Waals surface area contributed by atoms with Crippen molar-refractivity contribution in [1.82, 2.24) is 9.97 Å². The second-order valence-electron chi connectivity index (χ2n) is 5.98. The molecule has 0 radical (unpaired) electrons. The largest absolute Gasteiger partial charge is 0.493 e. The van der Waals surface area contributed by atoms with Crippen molar-refractivity contribution in [1.29, 1.82) is 5.26 Å². The lowest BCUT2D eigenvalue weighted by atomic mass is 10.2. The van der Waals surface area contributed by atoms with Crippen LogP contribution in [-0.4, -0.2) is 30.1 Å².